The zero-order valence-electron chi connectivity index (χ0n) is 24.4. The first kappa shape index (κ1) is 42.2. The van der Waals surface area contributed by atoms with E-state index in [1.807, 2.05) is 31.4 Å². The molecule has 0 aliphatic rings. The average Bonchev–Trinajstić information content (AvgIpc) is 3.80. The number of aromatic nitrogens is 2. The van der Waals surface area contributed by atoms with E-state index in [0.717, 1.165) is 23.7 Å². The third kappa shape index (κ3) is 16.7. The molecule has 3 heterocycles. The van der Waals surface area contributed by atoms with Gasteiger partial charge in [-0.1, -0.05) is 56.7 Å². The number of benzene rings is 2. The number of carbonyl (C=O) groups excluding carboxylic acids is 1. The van der Waals surface area contributed by atoms with Gasteiger partial charge in [0.25, 0.3) is 11.1 Å². The standard InChI is InChI=1S/C12H6Cl2N2OS.C7H7ClN2O.C5H2Cl2OS.C4H10O.BF3/c13-8-3-1-7(2-4-8)11-15-12(17-16-11)10-9(14)5-6-18-10;8-6-3-1-5(2-4-6)7(9)10-11;6-3-1-2-9-4(3)5(7)8;1-3-5-4-2;2-1(3)4/h1-6H;1-4,11H,(H2,9,10);1-2H;3-4H2,1-2H3;. The molecule has 0 aliphatic carbocycles. The molecule has 0 fully saturated rings. The molecule has 8 nitrogen and oxygen atoms in total. The van der Waals surface area contributed by atoms with E-state index in [-0.39, 0.29) is 5.84 Å². The van der Waals surface area contributed by atoms with Gasteiger partial charge in [-0.3, -0.25) is 17.7 Å². The van der Waals surface area contributed by atoms with E-state index in [2.05, 4.69) is 15.3 Å². The molecule has 47 heavy (non-hydrogen) atoms. The first-order chi connectivity index (χ1) is 22.3. The third-order valence-corrected chi connectivity index (χ3v) is 8.27. The highest BCUT2D eigenvalue weighted by atomic mass is 35.5. The van der Waals surface area contributed by atoms with Crippen molar-refractivity contribution >= 4 is 99.3 Å². The number of halogens is 8. The van der Waals surface area contributed by atoms with Crippen molar-refractivity contribution in [3.05, 3.63) is 102 Å². The number of hydrogen-bond donors (Lipinski definition) is 2. The summed E-state index contributed by atoms with van der Waals surface area (Å²) in [5, 5.41) is 20.5. The molecule has 0 bridgehead atoms. The van der Waals surface area contributed by atoms with Gasteiger partial charge < -0.3 is 20.2 Å². The Morgan fingerprint density at radius 2 is 1.43 bits per heavy atom. The lowest BCUT2D eigenvalue weighted by atomic mass is 10.2. The van der Waals surface area contributed by atoms with Crippen molar-refractivity contribution < 1.29 is 32.2 Å². The molecule has 0 radical (unpaired) electrons. The van der Waals surface area contributed by atoms with Crippen molar-refractivity contribution in [2.24, 2.45) is 10.9 Å². The molecule has 0 spiro atoms. The Morgan fingerprint density at radius 1 is 0.915 bits per heavy atom. The summed E-state index contributed by atoms with van der Waals surface area (Å²) in [7, 11) is -3.67. The molecule has 0 saturated heterocycles. The number of thiophene rings is 2. The van der Waals surface area contributed by atoms with Crippen molar-refractivity contribution in [1.29, 1.82) is 0 Å². The van der Waals surface area contributed by atoms with E-state index in [4.69, 9.17) is 78.2 Å². The number of oxime groups is 1. The van der Waals surface area contributed by atoms with E-state index >= 15 is 0 Å². The summed E-state index contributed by atoms with van der Waals surface area (Å²) in [5.74, 6) is 1.03. The fourth-order valence-electron chi connectivity index (χ4n) is 2.79. The lowest BCUT2D eigenvalue weighted by Crippen LogP contribution is -2.12. The highest BCUT2D eigenvalue weighted by molar-refractivity contribution is 7.14. The lowest BCUT2D eigenvalue weighted by Gasteiger charge is -1.96. The Labute approximate surface area is 302 Å². The molecule has 0 atom stereocenters. The van der Waals surface area contributed by atoms with Crippen LogP contribution in [-0.2, 0) is 4.74 Å². The topological polar surface area (TPSA) is 124 Å². The predicted molar refractivity (Wildman–Crippen MR) is 188 cm³/mol. The Hall–Kier alpha value is -2.82. The number of ether oxygens (including phenoxy) is 1. The number of nitrogens with two attached hydrogens (primary N) is 1. The van der Waals surface area contributed by atoms with Gasteiger partial charge >= 0.3 is 7.54 Å². The average molecular weight is 791 g/mol. The van der Waals surface area contributed by atoms with Crippen LogP contribution in [0.1, 0.15) is 29.1 Å². The molecular weight excluding hydrogens is 766 g/mol. The molecule has 252 valence electrons. The molecule has 3 N–H and O–H groups in total. The van der Waals surface area contributed by atoms with E-state index < -0.39 is 12.8 Å². The zero-order chi connectivity index (χ0) is 35.4. The van der Waals surface area contributed by atoms with Gasteiger partial charge in [-0.05, 0) is 96.9 Å². The van der Waals surface area contributed by atoms with Crippen LogP contribution < -0.4 is 5.73 Å². The summed E-state index contributed by atoms with van der Waals surface area (Å²) < 4.78 is 39.0. The van der Waals surface area contributed by atoms with Crippen LogP contribution >= 0.6 is 80.7 Å². The molecular formula is C28H25BCl5F3N4O4S2. The van der Waals surface area contributed by atoms with Crippen LogP contribution in [0.5, 0.6) is 0 Å². The van der Waals surface area contributed by atoms with Crippen molar-refractivity contribution in [2.45, 2.75) is 13.8 Å². The van der Waals surface area contributed by atoms with Gasteiger partial charge in [-0.25, -0.2) is 0 Å². The SMILES string of the molecule is CCOCC.Clc1ccc(-c2noc(-c3sccc3Cl)n2)cc1.FB(F)F.N/C(=N\O)c1ccc(Cl)cc1.O=C(Cl)c1sccc1Cl. The molecule has 0 aliphatic heterocycles. The molecule has 0 unspecified atom stereocenters. The van der Waals surface area contributed by atoms with Crippen LogP contribution in [0.2, 0.25) is 20.1 Å². The number of amidine groups is 1. The van der Waals surface area contributed by atoms with Crippen LogP contribution in [-0.4, -0.2) is 47.2 Å². The minimum absolute atomic E-state index is 0.0849. The number of carbonyl (C=O) groups is 1. The smallest absolute Gasteiger partial charge is 0.409 e. The van der Waals surface area contributed by atoms with Gasteiger partial charge in [-0.2, -0.15) is 4.98 Å². The van der Waals surface area contributed by atoms with Crippen molar-refractivity contribution in [1.82, 2.24) is 10.1 Å². The Kier molecular flexibility index (Phi) is 21.1. The van der Waals surface area contributed by atoms with E-state index in [1.165, 1.54) is 22.7 Å². The quantitative estimate of drug-likeness (QED) is 0.0438. The van der Waals surface area contributed by atoms with Gasteiger partial charge in [0.15, 0.2) is 5.84 Å². The summed E-state index contributed by atoms with van der Waals surface area (Å²) in [6.45, 7) is 5.67. The maximum atomic E-state index is 10.4. The second-order valence-corrected chi connectivity index (χ2v) is 11.8. The molecule has 19 heteroatoms. The molecule has 2 aromatic carbocycles. The van der Waals surface area contributed by atoms with Gasteiger partial charge in [0.2, 0.25) is 5.82 Å². The molecule has 5 rings (SSSR count). The molecule has 5 aromatic rings. The Balaban J connectivity index is 0.000000328. The van der Waals surface area contributed by atoms with Gasteiger partial charge in [-0.15, -0.1) is 22.7 Å². The van der Waals surface area contributed by atoms with Crippen LogP contribution in [0.25, 0.3) is 22.2 Å². The van der Waals surface area contributed by atoms with Crippen LogP contribution in [0.3, 0.4) is 0 Å². The van der Waals surface area contributed by atoms with Crippen LogP contribution in [0, 0.1) is 0 Å². The molecule has 0 amide bonds. The number of rotatable bonds is 6. The number of nitrogens with zero attached hydrogens (tertiary/aromatic N) is 3. The monoisotopic (exact) mass is 788 g/mol. The minimum atomic E-state index is -3.67. The van der Waals surface area contributed by atoms with Gasteiger partial charge in [0, 0.05) is 34.4 Å². The minimum Gasteiger partial charge on any atom is -0.409 e. The first-order valence-corrected chi connectivity index (χ1v) is 16.5. The van der Waals surface area contributed by atoms with Crippen LogP contribution in [0.4, 0.5) is 12.9 Å². The largest absolute Gasteiger partial charge is 0.762 e. The summed E-state index contributed by atoms with van der Waals surface area (Å²) in [6, 6.07) is 17.4. The van der Waals surface area contributed by atoms with E-state index in [1.54, 1.807) is 53.9 Å². The predicted octanol–water partition coefficient (Wildman–Crippen LogP) is 10.9. The number of hydrogen-bond acceptors (Lipinski definition) is 9. The normalized spacial score (nSPS) is 10.1. The fraction of sp³-hybridized carbons (Fsp3) is 0.143. The van der Waals surface area contributed by atoms with E-state index in [9.17, 15) is 17.7 Å². The zero-order valence-corrected chi connectivity index (χ0v) is 29.8. The highest BCUT2D eigenvalue weighted by Gasteiger charge is 2.14. The van der Waals surface area contributed by atoms with Crippen molar-refractivity contribution in [2.75, 3.05) is 13.2 Å². The molecule has 0 saturated carbocycles. The van der Waals surface area contributed by atoms with E-state index in [0.29, 0.717) is 42.2 Å². The second-order valence-electron chi connectivity index (χ2n) is 7.92. The lowest BCUT2D eigenvalue weighted by molar-refractivity contribution is 0.108. The summed E-state index contributed by atoms with van der Waals surface area (Å²) in [6.07, 6.45) is 0. The fourth-order valence-corrected chi connectivity index (χ4v) is 5.36. The van der Waals surface area contributed by atoms with Gasteiger partial charge in [0.1, 0.15) is 9.75 Å². The first-order valence-electron chi connectivity index (χ1n) is 12.8. The second kappa shape index (κ2) is 23.5. The van der Waals surface area contributed by atoms with Gasteiger partial charge in [0.05, 0.1) is 10.0 Å². The maximum absolute atomic E-state index is 10.4. The van der Waals surface area contributed by atoms with Crippen molar-refractivity contribution in [3.63, 3.8) is 0 Å². The summed E-state index contributed by atoms with van der Waals surface area (Å²) >= 11 is 30.8. The Morgan fingerprint density at radius 3 is 1.81 bits per heavy atom. The third-order valence-electron chi connectivity index (χ3n) is 4.79. The summed E-state index contributed by atoms with van der Waals surface area (Å²) in [5.41, 5.74) is 6.80. The van der Waals surface area contributed by atoms with Crippen molar-refractivity contribution in [3.8, 4) is 22.2 Å². The maximum Gasteiger partial charge on any atom is 0.762 e. The Bertz CT molecular complexity index is 1640. The summed E-state index contributed by atoms with van der Waals surface area (Å²) in [4.78, 5) is 15.9. The highest BCUT2D eigenvalue weighted by Crippen LogP contribution is 2.33. The molecule has 3 aromatic heterocycles. The van der Waals surface area contributed by atoms with Crippen LogP contribution in [0.15, 0.2) is 81.1 Å².